The molecule has 1 aromatic rings. The van der Waals surface area contributed by atoms with E-state index in [-0.39, 0.29) is 6.09 Å². The second kappa shape index (κ2) is 6.95. The lowest BCUT2D eigenvalue weighted by Crippen LogP contribution is -2.48. The summed E-state index contributed by atoms with van der Waals surface area (Å²) in [6.07, 6.45) is -0.215. The molecule has 5 nitrogen and oxygen atoms in total. The fraction of sp³-hybridized carbons (Fsp3) is 0.500. The van der Waals surface area contributed by atoms with E-state index < -0.39 is 0 Å². The zero-order valence-electron chi connectivity index (χ0n) is 11.6. The molecule has 0 aromatic heterocycles. The first-order valence-electron chi connectivity index (χ1n) is 6.78. The van der Waals surface area contributed by atoms with Crippen molar-refractivity contribution in [1.29, 1.82) is 0 Å². The molecule has 1 aliphatic heterocycles. The Balaban J connectivity index is 1.90. The van der Waals surface area contributed by atoms with Gasteiger partial charge in [-0.3, -0.25) is 4.90 Å². The number of hydrogen-bond acceptors (Lipinski definition) is 4. The molecule has 2 N–H and O–H groups in total. The standard InChI is InChI=1S/C14H20BrN3O2/c1-2-20-14(19)18-8-6-17(7-9-18)10-11-12(15)4-3-5-13(11)16/h3-5H,2,6-10,16H2,1H3. The molecule has 1 saturated heterocycles. The first kappa shape index (κ1) is 15.1. The predicted octanol–water partition coefficient (Wildman–Crippen LogP) is 2.31. The number of piperazine rings is 1. The van der Waals surface area contributed by atoms with Crippen molar-refractivity contribution >= 4 is 27.7 Å². The van der Waals surface area contributed by atoms with Gasteiger partial charge in [0, 0.05) is 48.4 Å². The highest BCUT2D eigenvalue weighted by Crippen LogP contribution is 2.24. The summed E-state index contributed by atoms with van der Waals surface area (Å²) in [4.78, 5) is 15.7. The van der Waals surface area contributed by atoms with E-state index in [2.05, 4.69) is 20.8 Å². The predicted molar refractivity (Wildman–Crippen MR) is 82.4 cm³/mol. The van der Waals surface area contributed by atoms with Crippen LogP contribution >= 0.6 is 15.9 Å². The van der Waals surface area contributed by atoms with Crippen LogP contribution in [0.1, 0.15) is 12.5 Å². The SMILES string of the molecule is CCOC(=O)N1CCN(Cc2c(N)cccc2Br)CC1. The van der Waals surface area contributed by atoms with Crippen molar-refractivity contribution in [2.45, 2.75) is 13.5 Å². The topological polar surface area (TPSA) is 58.8 Å². The number of carbonyl (C=O) groups is 1. The molecule has 0 radical (unpaired) electrons. The summed E-state index contributed by atoms with van der Waals surface area (Å²) in [6.45, 7) is 6.10. The van der Waals surface area contributed by atoms with Crippen LogP contribution in [0.3, 0.4) is 0 Å². The van der Waals surface area contributed by atoms with Gasteiger partial charge in [-0.2, -0.15) is 0 Å². The van der Waals surface area contributed by atoms with Gasteiger partial charge in [-0.25, -0.2) is 4.79 Å². The Morgan fingerprint density at radius 3 is 2.65 bits per heavy atom. The fourth-order valence-electron chi connectivity index (χ4n) is 2.27. The van der Waals surface area contributed by atoms with Crippen LogP contribution in [0.2, 0.25) is 0 Å². The minimum Gasteiger partial charge on any atom is -0.450 e. The van der Waals surface area contributed by atoms with Crippen molar-refractivity contribution < 1.29 is 9.53 Å². The summed E-state index contributed by atoms with van der Waals surface area (Å²) in [5, 5.41) is 0. The highest BCUT2D eigenvalue weighted by molar-refractivity contribution is 9.10. The monoisotopic (exact) mass is 341 g/mol. The number of amides is 1. The smallest absolute Gasteiger partial charge is 0.409 e. The van der Waals surface area contributed by atoms with E-state index in [1.54, 1.807) is 4.90 Å². The molecular formula is C14H20BrN3O2. The van der Waals surface area contributed by atoms with Crippen molar-refractivity contribution in [2.24, 2.45) is 0 Å². The molecule has 110 valence electrons. The lowest BCUT2D eigenvalue weighted by atomic mass is 10.1. The molecule has 0 aliphatic carbocycles. The Bertz CT molecular complexity index is 453. The molecule has 1 heterocycles. The highest BCUT2D eigenvalue weighted by atomic mass is 79.9. The number of halogens is 1. The van der Waals surface area contributed by atoms with E-state index >= 15 is 0 Å². The number of rotatable bonds is 3. The molecule has 1 aromatic carbocycles. The summed E-state index contributed by atoms with van der Waals surface area (Å²) < 4.78 is 6.05. The number of benzene rings is 1. The maximum absolute atomic E-state index is 11.6. The van der Waals surface area contributed by atoms with Crippen molar-refractivity contribution in [2.75, 3.05) is 38.5 Å². The lowest BCUT2D eigenvalue weighted by Gasteiger charge is -2.34. The van der Waals surface area contributed by atoms with Gasteiger partial charge in [0.25, 0.3) is 0 Å². The third-order valence-electron chi connectivity index (χ3n) is 3.44. The molecule has 0 saturated carbocycles. The van der Waals surface area contributed by atoms with Gasteiger partial charge in [-0.15, -0.1) is 0 Å². The fourth-order valence-corrected chi connectivity index (χ4v) is 2.78. The quantitative estimate of drug-likeness (QED) is 0.857. The largest absolute Gasteiger partial charge is 0.450 e. The number of nitrogens with two attached hydrogens (primary N) is 1. The van der Waals surface area contributed by atoms with Crippen molar-refractivity contribution in [3.05, 3.63) is 28.2 Å². The summed E-state index contributed by atoms with van der Waals surface area (Å²) in [6, 6.07) is 5.84. The minimum absolute atomic E-state index is 0.215. The van der Waals surface area contributed by atoms with Crippen LogP contribution in [0.4, 0.5) is 10.5 Å². The first-order chi connectivity index (χ1) is 9.61. The molecule has 1 fully saturated rings. The van der Waals surface area contributed by atoms with Gasteiger partial charge in [-0.1, -0.05) is 22.0 Å². The van der Waals surface area contributed by atoms with Crippen LogP contribution in [0.15, 0.2) is 22.7 Å². The van der Waals surface area contributed by atoms with E-state index in [9.17, 15) is 4.79 Å². The molecule has 0 unspecified atom stereocenters. The van der Waals surface area contributed by atoms with E-state index in [4.69, 9.17) is 10.5 Å². The minimum atomic E-state index is -0.215. The second-order valence-corrected chi connectivity index (χ2v) is 5.62. The van der Waals surface area contributed by atoms with Crippen molar-refractivity contribution in [3.8, 4) is 0 Å². The van der Waals surface area contributed by atoms with E-state index in [0.717, 1.165) is 35.4 Å². The highest BCUT2D eigenvalue weighted by Gasteiger charge is 2.22. The number of nitrogen functional groups attached to an aromatic ring is 1. The Kier molecular flexibility index (Phi) is 5.25. The van der Waals surface area contributed by atoms with Crippen LogP contribution < -0.4 is 5.73 Å². The van der Waals surface area contributed by atoms with Crippen molar-refractivity contribution in [3.63, 3.8) is 0 Å². The molecule has 0 spiro atoms. The Morgan fingerprint density at radius 2 is 2.05 bits per heavy atom. The van der Waals surface area contributed by atoms with Gasteiger partial charge in [0.05, 0.1) is 6.61 Å². The molecule has 1 amide bonds. The number of carbonyl (C=O) groups excluding carboxylic acids is 1. The molecule has 2 rings (SSSR count). The summed E-state index contributed by atoms with van der Waals surface area (Å²) in [5.74, 6) is 0. The maximum Gasteiger partial charge on any atom is 0.409 e. The zero-order valence-corrected chi connectivity index (χ0v) is 13.2. The van der Waals surface area contributed by atoms with Gasteiger partial charge in [0.1, 0.15) is 0 Å². The van der Waals surface area contributed by atoms with Gasteiger partial charge in [-0.05, 0) is 19.1 Å². The normalized spacial score (nSPS) is 16.2. The Labute approximate surface area is 127 Å². The van der Waals surface area contributed by atoms with Crippen LogP contribution in [-0.4, -0.2) is 48.7 Å². The number of ether oxygens (including phenoxy) is 1. The third kappa shape index (κ3) is 3.64. The summed E-state index contributed by atoms with van der Waals surface area (Å²) in [7, 11) is 0. The maximum atomic E-state index is 11.6. The van der Waals surface area contributed by atoms with Gasteiger partial charge >= 0.3 is 6.09 Å². The number of hydrogen-bond donors (Lipinski definition) is 1. The molecule has 0 atom stereocenters. The van der Waals surface area contributed by atoms with Gasteiger partial charge < -0.3 is 15.4 Å². The van der Waals surface area contributed by atoms with Crippen LogP contribution in [0.5, 0.6) is 0 Å². The van der Waals surface area contributed by atoms with Crippen LogP contribution in [0, 0.1) is 0 Å². The van der Waals surface area contributed by atoms with Gasteiger partial charge in [0.2, 0.25) is 0 Å². The third-order valence-corrected chi connectivity index (χ3v) is 4.18. The number of anilines is 1. The molecule has 6 heteroatoms. The lowest BCUT2D eigenvalue weighted by molar-refractivity contribution is 0.0778. The van der Waals surface area contributed by atoms with Crippen molar-refractivity contribution in [1.82, 2.24) is 9.80 Å². The summed E-state index contributed by atoms with van der Waals surface area (Å²) >= 11 is 3.54. The van der Waals surface area contributed by atoms with Gasteiger partial charge in [0.15, 0.2) is 0 Å². The zero-order chi connectivity index (χ0) is 14.5. The molecule has 20 heavy (non-hydrogen) atoms. The average Bonchev–Trinajstić information content (AvgIpc) is 2.44. The van der Waals surface area contributed by atoms with Crippen LogP contribution in [0.25, 0.3) is 0 Å². The molecule has 0 bridgehead atoms. The Hall–Kier alpha value is -1.27. The van der Waals surface area contributed by atoms with E-state index in [1.807, 2.05) is 25.1 Å². The first-order valence-corrected chi connectivity index (χ1v) is 7.58. The molecular weight excluding hydrogens is 322 g/mol. The van der Waals surface area contributed by atoms with E-state index in [1.165, 1.54) is 0 Å². The number of nitrogens with zero attached hydrogens (tertiary/aromatic N) is 2. The average molecular weight is 342 g/mol. The van der Waals surface area contributed by atoms with E-state index in [0.29, 0.717) is 19.7 Å². The van der Waals surface area contributed by atoms with Crippen LogP contribution in [-0.2, 0) is 11.3 Å². The Morgan fingerprint density at radius 1 is 1.35 bits per heavy atom. The second-order valence-electron chi connectivity index (χ2n) is 4.77. The summed E-state index contributed by atoms with van der Waals surface area (Å²) in [5.41, 5.74) is 7.92. The molecule has 1 aliphatic rings.